The fourth-order valence-corrected chi connectivity index (χ4v) is 2.65. The van der Waals surface area contributed by atoms with Crippen molar-refractivity contribution in [2.75, 3.05) is 31.1 Å². The number of nitrogens with zero attached hydrogens (tertiary/aromatic N) is 5. The minimum Gasteiger partial charge on any atom is -0.365 e. The van der Waals surface area contributed by atoms with Crippen molar-refractivity contribution in [2.24, 2.45) is 12.8 Å². The second-order valence-corrected chi connectivity index (χ2v) is 5.44. The van der Waals surface area contributed by atoms with Crippen molar-refractivity contribution in [1.29, 1.82) is 0 Å². The largest absolute Gasteiger partial charge is 0.365 e. The third-order valence-corrected chi connectivity index (χ3v) is 3.84. The number of hydrogen-bond acceptors (Lipinski definition) is 5. The number of amides is 2. The molecule has 1 saturated heterocycles. The van der Waals surface area contributed by atoms with E-state index in [1.165, 1.54) is 0 Å². The Labute approximate surface area is 133 Å². The molecule has 1 fully saturated rings. The standard InChI is InChI=1S/C15H18N6O2/c1-19-9-12(18-10-19)15(23)21-7-5-20(6-8-21)14-11(13(16)22)3-2-4-17-14/h2-4,9-10H,5-8H2,1H3,(H2,16,22). The van der Waals surface area contributed by atoms with Gasteiger partial charge in [0.25, 0.3) is 11.8 Å². The molecule has 3 heterocycles. The van der Waals surface area contributed by atoms with Gasteiger partial charge in [-0.15, -0.1) is 0 Å². The Balaban J connectivity index is 1.69. The Kier molecular flexibility index (Phi) is 3.96. The molecule has 0 spiro atoms. The number of rotatable bonds is 3. The van der Waals surface area contributed by atoms with E-state index in [1.54, 1.807) is 40.3 Å². The Morgan fingerprint density at radius 2 is 1.91 bits per heavy atom. The number of piperazine rings is 1. The molecule has 2 aromatic heterocycles. The Morgan fingerprint density at radius 1 is 1.17 bits per heavy atom. The summed E-state index contributed by atoms with van der Waals surface area (Å²) < 4.78 is 1.75. The zero-order valence-electron chi connectivity index (χ0n) is 12.8. The number of nitrogens with two attached hydrogens (primary N) is 1. The maximum absolute atomic E-state index is 12.4. The summed E-state index contributed by atoms with van der Waals surface area (Å²) in [6.07, 6.45) is 4.95. The van der Waals surface area contributed by atoms with Crippen molar-refractivity contribution < 1.29 is 9.59 Å². The van der Waals surface area contributed by atoms with Crippen LogP contribution in [0.15, 0.2) is 30.9 Å². The van der Waals surface area contributed by atoms with Crippen LogP contribution in [0.2, 0.25) is 0 Å². The summed E-state index contributed by atoms with van der Waals surface area (Å²) in [5, 5.41) is 0. The van der Waals surface area contributed by atoms with Crippen LogP contribution >= 0.6 is 0 Å². The van der Waals surface area contributed by atoms with Crippen LogP contribution < -0.4 is 10.6 Å². The number of hydrogen-bond donors (Lipinski definition) is 1. The lowest BCUT2D eigenvalue weighted by atomic mass is 10.2. The zero-order valence-corrected chi connectivity index (χ0v) is 12.8. The molecule has 2 N–H and O–H groups in total. The fraction of sp³-hybridized carbons (Fsp3) is 0.333. The molecular formula is C15H18N6O2. The lowest BCUT2D eigenvalue weighted by Gasteiger charge is -2.35. The van der Waals surface area contributed by atoms with Crippen molar-refractivity contribution in [3.05, 3.63) is 42.1 Å². The van der Waals surface area contributed by atoms with Gasteiger partial charge in [0, 0.05) is 45.6 Å². The Bertz CT molecular complexity index is 733. The van der Waals surface area contributed by atoms with Gasteiger partial charge in [0.15, 0.2) is 0 Å². The minimum absolute atomic E-state index is 0.0820. The van der Waals surface area contributed by atoms with Crippen LogP contribution in [-0.4, -0.2) is 57.4 Å². The summed E-state index contributed by atoms with van der Waals surface area (Å²) in [6, 6.07) is 3.35. The molecule has 0 bridgehead atoms. The van der Waals surface area contributed by atoms with Crippen LogP contribution in [0.1, 0.15) is 20.8 Å². The molecule has 1 aliphatic rings. The van der Waals surface area contributed by atoms with Crippen LogP contribution in [0.4, 0.5) is 5.82 Å². The third-order valence-electron chi connectivity index (χ3n) is 3.84. The highest BCUT2D eigenvalue weighted by Crippen LogP contribution is 2.19. The Morgan fingerprint density at radius 3 is 2.52 bits per heavy atom. The molecule has 0 aromatic carbocycles. The van der Waals surface area contributed by atoms with Gasteiger partial charge in [-0.05, 0) is 12.1 Å². The average molecular weight is 314 g/mol. The molecule has 3 rings (SSSR count). The van der Waals surface area contributed by atoms with Crippen molar-refractivity contribution >= 4 is 17.6 Å². The summed E-state index contributed by atoms with van der Waals surface area (Å²) in [5.74, 6) is -0.00794. The van der Waals surface area contributed by atoms with E-state index in [9.17, 15) is 9.59 Å². The summed E-state index contributed by atoms with van der Waals surface area (Å²) in [7, 11) is 1.83. The van der Waals surface area contributed by atoms with E-state index in [4.69, 9.17) is 5.73 Å². The number of imidazole rings is 1. The molecule has 0 radical (unpaired) electrons. The molecule has 0 aliphatic carbocycles. The van der Waals surface area contributed by atoms with Gasteiger partial charge in [0.1, 0.15) is 11.5 Å². The van der Waals surface area contributed by atoms with E-state index < -0.39 is 5.91 Å². The second-order valence-electron chi connectivity index (χ2n) is 5.44. The summed E-state index contributed by atoms with van der Waals surface area (Å²) in [6.45, 7) is 2.28. The molecule has 2 aromatic rings. The van der Waals surface area contributed by atoms with Gasteiger partial charge >= 0.3 is 0 Å². The van der Waals surface area contributed by atoms with Gasteiger partial charge in [0.05, 0.1) is 11.9 Å². The number of aromatic nitrogens is 3. The lowest BCUT2D eigenvalue weighted by molar-refractivity contribution is 0.0740. The highest BCUT2D eigenvalue weighted by molar-refractivity contribution is 5.97. The van der Waals surface area contributed by atoms with Gasteiger partial charge in [-0.3, -0.25) is 9.59 Å². The smallest absolute Gasteiger partial charge is 0.274 e. The predicted octanol–water partition coefficient (Wildman–Crippen LogP) is -0.124. The number of pyridine rings is 1. The van der Waals surface area contributed by atoms with Gasteiger partial charge in [-0.2, -0.15) is 0 Å². The minimum atomic E-state index is -0.500. The first-order chi connectivity index (χ1) is 11.1. The molecule has 8 nitrogen and oxygen atoms in total. The van der Waals surface area contributed by atoms with Crippen LogP contribution in [0.5, 0.6) is 0 Å². The first-order valence-corrected chi connectivity index (χ1v) is 7.33. The van der Waals surface area contributed by atoms with Gasteiger partial charge in [0.2, 0.25) is 0 Å². The molecule has 8 heteroatoms. The number of carbonyl (C=O) groups is 2. The molecule has 120 valence electrons. The number of primary amides is 1. The van der Waals surface area contributed by atoms with E-state index in [2.05, 4.69) is 9.97 Å². The van der Waals surface area contributed by atoms with Gasteiger partial charge in [-0.25, -0.2) is 9.97 Å². The maximum atomic E-state index is 12.4. The highest BCUT2D eigenvalue weighted by atomic mass is 16.2. The van der Waals surface area contributed by atoms with E-state index in [0.717, 1.165) is 0 Å². The monoisotopic (exact) mass is 314 g/mol. The van der Waals surface area contributed by atoms with E-state index in [0.29, 0.717) is 43.3 Å². The second kappa shape index (κ2) is 6.07. The quantitative estimate of drug-likeness (QED) is 0.851. The van der Waals surface area contributed by atoms with Crippen LogP contribution in [-0.2, 0) is 7.05 Å². The normalized spacial score (nSPS) is 14.8. The summed E-state index contributed by atoms with van der Waals surface area (Å²) >= 11 is 0. The summed E-state index contributed by atoms with van der Waals surface area (Å²) in [4.78, 5) is 36.0. The number of carbonyl (C=O) groups excluding carboxylic acids is 2. The first-order valence-electron chi connectivity index (χ1n) is 7.33. The van der Waals surface area contributed by atoms with Gasteiger partial charge in [-0.1, -0.05) is 0 Å². The topological polar surface area (TPSA) is 97.3 Å². The SMILES string of the molecule is Cn1cnc(C(=O)N2CCN(c3ncccc3C(N)=O)CC2)c1. The number of anilines is 1. The van der Waals surface area contributed by atoms with Crippen molar-refractivity contribution in [1.82, 2.24) is 19.4 Å². The molecule has 0 atom stereocenters. The Hall–Kier alpha value is -2.90. The van der Waals surface area contributed by atoms with Crippen molar-refractivity contribution in [3.8, 4) is 0 Å². The molecule has 1 aliphatic heterocycles. The lowest BCUT2D eigenvalue weighted by Crippen LogP contribution is -2.49. The van der Waals surface area contributed by atoms with Crippen LogP contribution in [0.3, 0.4) is 0 Å². The predicted molar refractivity (Wildman–Crippen MR) is 84.1 cm³/mol. The maximum Gasteiger partial charge on any atom is 0.274 e. The summed E-state index contributed by atoms with van der Waals surface area (Å²) in [5.41, 5.74) is 6.24. The first kappa shape index (κ1) is 15.0. The average Bonchev–Trinajstić information content (AvgIpc) is 3.01. The van der Waals surface area contributed by atoms with Crippen LogP contribution in [0, 0.1) is 0 Å². The van der Waals surface area contributed by atoms with Crippen molar-refractivity contribution in [3.63, 3.8) is 0 Å². The molecular weight excluding hydrogens is 296 g/mol. The fourth-order valence-electron chi connectivity index (χ4n) is 2.65. The van der Waals surface area contributed by atoms with E-state index in [1.807, 2.05) is 11.9 Å². The van der Waals surface area contributed by atoms with Crippen LogP contribution in [0.25, 0.3) is 0 Å². The molecule has 0 unspecified atom stereocenters. The highest BCUT2D eigenvalue weighted by Gasteiger charge is 2.25. The zero-order chi connectivity index (χ0) is 16.4. The van der Waals surface area contributed by atoms with E-state index in [-0.39, 0.29) is 5.91 Å². The molecule has 23 heavy (non-hydrogen) atoms. The molecule has 2 amide bonds. The van der Waals surface area contributed by atoms with E-state index >= 15 is 0 Å². The number of aryl methyl sites for hydroxylation is 1. The van der Waals surface area contributed by atoms with Gasteiger partial charge < -0.3 is 20.1 Å². The van der Waals surface area contributed by atoms with Crippen molar-refractivity contribution in [2.45, 2.75) is 0 Å². The molecule has 0 saturated carbocycles. The third kappa shape index (κ3) is 3.01.